The zero-order chi connectivity index (χ0) is 17.1. The molecule has 0 heterocycles. The largest absolute Gasteiger partial charge is 0.322 e. The van der Waals surface area contributed by atoms with Crippen LogP contribution in [0.1, 0.15) is 35.7 Å². The third-order valence-electron chi connectivity index (χ3n) is 4.39. The maximum Gasteiger partial charge on any atom is 0.257 e. The van der Waals surface area contributed by atoms with Crippen LogP contribution >= 0.6 is 0 Å². The summed E-state index contributed by atoms with van der Waals surface area (Å²) in [5, 5.41) is 2.91. The van der Waals surface area contributed by atoms with E-state index >= 15 is 0 Å². The summed E-state index contributed by atoms with van der Waals surface area (Å²) in [6, 6.07) is 15.0. The van der Waals surface area contributed by atoms with Gasteiger partial charge in [0.05, 0.1) is 11.3 Å². The number of benzene rings is 2. The Bertz CT molecular complexity index is 748. The molecule has 3 rings (SSSR count). The molecule has 0 saturated heterocycles. The van der Waals surface area contributed by atoms with Crippen LogP contribution in [0.25, 0.3) is 0 Å². The normalized spacial score (nSPS) is 13.4. The van der Waals surface area contributed by atoms with Crippen LogP contribution in [0, 0.1) is 5.92 Å². The SMILES string of the molecule is CCc1ccc(NC(=O)c2ccccc2N(C)C(=O)C2CC2)cc1. The van der Waals surface area contributed by atoms with Crippen molar-refractivity contribution in [1.82, 2.24) is 0 Å². The molecule has 2 aromatic carbocycles. The van der Waals surface area contributed by atoms with Crippen molar-refractivity contribution in [1.29, 1.82) is 0 Å². The number of carbonyl (C=O) groups is 2. The first-order valence-electron chi connectivity index (χ1n) is 8.37. The molecule has 0 bridgehead atoms. The van der Waals surface area contributed by atoms with E-state index in [0.717, 1.165) is 24.9 Å². The Morgan fingerprint density at radius 2 is 1.75 bits per heavy atom. The standard InChI is InChI=1S/C20H22N2O2/c1-3-14-8-12-16(13-9-14)21-19(23)17-6-4-5-7-18(17)22(2)20(24)15-10-11-15/h4-9,12-13,15H,3,10-11H2,1-2H3,(H,21,23). The highest BCUT2D eigenvalue weighted by atomic mass is 16.2. The summed E-state index contributed by atoms with van der Waals surface area (Å²) in [4.78, 5) is 26.6. The first-order chi connectivity index (χ1) is 11.6. The molecule has 0 radical (unpaired) electrons. The van der Waals surface area contributed by atoms with Crippen LogP contribution < -0.4 is 10.2 Å². The number of anilines is 2. The Kier molecular flexibility index (Phi) is 4.65. The second-order valence-electron chi connectivity index (χ2n) is 6.19. The summed E-state index contributed by atoms with van der Waals surface area (Å²) in [6.07, 6.45) is 2.85. The van der Waals surface area contributed by atoms with Crippen LogP contribution in [0.3, 0.4) is 0 Å². The van der Waals surface area contributed by atoms with Crippen LogP contribution in [-0.4, -0.2) is 18.9 Å². The minimum atomic E-state index is -0.203. The van der Waals surface area contributed by atoms with Gasteiger partial charge in [0.1, 0.15) is 0 Å². The van der Waals surface area contributed by atoms with E-state index in [4.69, 9.17) is 0 Å². The van der Waals surface area contributed by atoms with Gasteiger partial charge in [-0.15, -0.1) is 0 Å². The molecule has 4 nitrogen and oxygen atoms in total. The van der Waals surface area contributed by atoms with Gasteiger partial charge in [-0.05, 0) is 49.1 Å². The van der Waals surface area contributed by atoms with Crippen molar-refractivity contribution < 1.29 is 9.59 Å². The second kappa shape index (κ2) is 6.87. The molecule has 0 aliphatic heterocycles. The third kappa shape index (κ3) is 3.48. The number of carbonyl (C=O) groups excluding carboxylic acids is 2. The van der Waals surface area contributed by atoms with Crippen molar-refractivity contribution in [3.63, 3.8) is 0 Å². The Balaban J connectivity index is 1.80. The van der Waals surface area contributed by atoms with Crippen molar-refractivity contribution in [3.05, 3.63) is 59.7 Å². The lowest BCUT2D eigenvalue weighted by atomic mass is 10.1. The predicted octanol–water partition coefficient (Wildman–Crippen LogP) is 3.87. The second-order valence-corrected chi connectivity index (χ2v) is 6.19. The molecule has 1 fully saturated rings. The molecule has 1 N–H and O–H groups in total. The molecule has 2 aromatic rings. The molecule has 124 valence electrons. The highest BCUT2D eigenvalue weighted by Crippen LogP contribution is 2.33. The molecular weight excluding hydrogens is 300 g/mol. The first-order valence-corrected chi connectivity index (χ1v) is 8.37. The van der Waals surface area contributed by atoms with Crippen LogP contribution in [-0.2, 0) is 11.2 Å². The van der Waals surface area contributed by atoms with E-state index in [9.17, 15) is 9.59 Å². The van der Waals surface area contributed by atoms with Crippen LogP contribution in [0.15, 0.2) is 48.5 Å². The highest BCUT2D eigenvalue weighted by molar-refractivity contribution is 6.10. The quantitative estimate of drug-likeness (QED) is 0.908. The number of rotatable bonds is 5. The lowest BCUT2D eigenvalue weighted by Crippen LogP contribution is -2.29. The number of aryl methyl sites for hydroxylation is 1. The monoisotopic (exact) mass is 322 g/mol. The van der Waals surface area contributed by atoms with Gasteiger partial charge in [-0.1, -0.05) is 31.2 Å². The highest BCUT2D eigenvalue weighted by Gasteiger charge is 2.33. The number of hydrogen-bond donors (Lipinski definition) is 1. The molecular formula is C20H22N2O2. The number of amides is 2. The van der Waals surface area contributed by atoms with Crippen molar-refractivity contribution in [3.8, 4) is 0 Å². The smallest absolute Gasteiger partial charge is 0.257 e. The van der Waals surface area contributed by atoms with Gasteiger partial charge in [-0.3, -0.25) is 9.59 Å². The molecule has 4 heteroatoms. The molecule has 1 aliphatic rings. The average Bonchev–Trinajstić information content (AvgIpc) is 3.46. The molecule has 1 saturated carbocycles. The molecule has 0 atom stereocenters. The van der Waals surface area contributed by atoms with E-state index in [1.165, 1.54) is 5.56 Å². The third-order valence-corrected chi connectivity index (χ3v) is 4.39. The van der Waals surface area contributed by atoms with E-state index in [0.29, 0.717) is 11.3 Å². The molecule has 24 heavy (non-hydrogen) atoms. The van der Waals surface area contributed by atoms with Crippen molar-refractivity contribution in [2.24, 2.45) is 5.92 Å². The first kappa shape index (κ1) is 16.2. The van der Waals surface area contributed by atoms with Crippen LogP contribution in [0.5, 0.6) is 0 Å². The molecule has 0 unspecified atom stereocenters. The minimum absolute atomic E-state index is 0.0857. The minimum Gasteiger partial charge on any atom is -0.322 e. The molecule has 2 amide bonds. The maximum absolute atomic E-state index is 12.7. The van der Waals surface area contributed by atoms with Gasteiger partial charge >= 0.3 is 0 Å². The van der Waals surface area contributed by atoms with E-state index in [1.54, 1.807) is 18.0 Å². The summed E-state index contributed by atoms with van der Waals surface area (Å²) in [7, 11) is 1.74. The van der Waals surface area contributed by atoms with E-state index < -0.39 is 0 Å². The zero-order valence-corrected chi connectivity index (χ0v) is 14.1. The Morgan fingerprint density at radius 3 is 2.38 bits per heavy atom. The lowest BCUT2D eigenvalue weighted by molar-refractivity contribution is -0.119. The van der Waals surface area contributed by atoms with Crippen molar-refractivity contribution in [2.75, 3.05) is 17.3 Å². The molecule has 1 aliphatic carbocycles. The topological polar surface area (TPSA) is 49.4 Å². The van der Waals surface area contributed by atoms with Gasteiger partial charge < -0.3 is 10.2 Å². The van der Waals surface area contributed by atoms with Gasteiger partial charge in [0.25, 0.3) is 5.91 Å². The molecule has 0 aromatic heterocycles. The van der Waals surface area contributed by atoms with E-state index in [-0.39, 0.29) is 17.7 Å². The van der Waals surface area contributed by atoms with Gasteiger partial charge in [0.2, 0.25) is 5.91 Å². The lowest BCUT2D eigenvalue weighted by Gasteiger charge is -2.20. The van der Waals surface area contributed by atoms with Gasteiger partial charge in [0, 0.05) is 18.7 Å². The summed E-state index contributed by atoms with van der Waals surface area (Å²) in [5.41, 5.74) is 3.14. The number of para-hydroxylation sites is 1. The van der Waals surface area contributed by atoms with Crippen LogP contribution in [0.4, 0.5) is 11.4 Å². The summed E-state index contributed by atoms with van der Waals surface area (Å²) < 4.78 is 0. The van der Waals surface area contributed by atoms with Gasteiger partial charge in [0.15, 0.2) is 0 Å². The van der Waals surface area contributed by atoms with Crippen LogP contribution in [0.2, 0.25) is 0 Å². The van der Waals surface area contributed by atoms with E-state index in [1.807, 2.05) is 42.5 Å². The van der Waals surface area contributed by atoms with Crippen molar-refractivity contribution in [2.45, 2.75) is 26.2 Å². The summed E-state index contributed by atoms with van der Waals surface area (Å²) in [6.45, 7) is 2.09. The zero-order valence-electron chi connectivity index (χ0n) is 14.1. The number of nitrogens with one attached hydrogen (secondary N) is 1. The summed E-state index contributed by atoms with van der Waals surface area (Å²) >= 11 is 0. The fourth-order valence-electron chi connectivity index (χ4n) is 2.70. The average molecular weight is 322 g/mol. The van der Waals surface area contributed by atoms with Gasteiger partial charge in [-0.25, -0.2) is 0 Å². The van der Waals surface area contributed by atoms with Crippen molar-refractivity contribution >= 4 is 23.2 Å². The number of hydrogen-bond acceptors (Lipinski definition) is 2. The Labute approximate surface area is 142 Å². The fraction of sp³-hybridized carbons (Fsp3) is 0.300. The predicted molar refractivity (Wildman–Crippen MR) is 96.3 cm³/mol. The van der Waals surface area contributed by atoms with E-state index in [2.05, 4.69) is 12.2 Å². The number of nitrogens with zero attached hydrogens (tertiary/aromatic N) is 1. The summed E-state index contributed by atoms with van der Waals surface area (Å²) in [5.74, 6) is 0.000509. The maximum atomic E-state index is 12.7. The Hall–Kier alpha value is -2.62. The fourth-order valence-corrected chi connectivity index (χ4v) is 2.70. The molecule has 0 spiro atoms. The Morgan fingerprint density at radius 1 is 1.08 bits per heavy atom. The van der Waals surface area contributed by atoms with Gasteiger partial charge in [-0.2, -0.15) is 0 Å².